The van der Waals surface area contributed by atoms with Crippen molar-refractivity contribution in [2.24, 2.45) is 0 Å². The third kappa shape index (κ3) is 4.94. The van der Waals surface area contributed by atoms with Crippen molar-refractivity contribution >= 4 is 44.9 Å². The summed E-state index contributed by atoms with van der Waals surface area (Å²) in [5, 5.41) is 3.90. The number of rotatable bonds is 8. The van der Waals surface area contributed by atoms with Gasteiger partial charge in [0, 0.05) is 4.47 Å². The van der Waals surface area contributed by atoms with Gasteiger partial charge in [-0.1, -0.05) is 112 Å². The molecule has 0 aliphatic carbocycles. The minimum Gasteiger partial charge on any atom is -0.287 e. The Labute approximate surface area is 216 Å². The predicted octanol–water partition coefficient (Wildman–Crippen LogP) is 7.19. The lowest BCUT2D eigenvalue weighted by molar-refractivity contribution is 0.535. The van der Waals surface area contributed by atoms with E-state index in [1.165, 1.54) is 21.5 Å². The smallest absolute Gasteiger partial charge is 0.203 e. The van der Waals surface area contributed by atoms with E-state index in [-0.39, 0.29) is 0 Å². The van der Waals surface area contributed by atoms with Crippen LogP contribution in [0.25, 0.3) is 0 Å². The topological polar surface area (TPSA) is 15.3 Å². The molecule has 4 heteroatoms. The highest BCUT2D eigenvalue weighted by Crippen LogP contribution is 2.59. The summed E-state index contributed by atoms with van der Waals surface area (Å²) in [6.07, 6.45) is 0. The molecule has 35 heavy (non-hydrogen) atoms. The molecule has 5 aromatic carbocycles. The average Bonchev–Trinajstić information content (AvgIpc) is 2.93. The van der Waals surface area contributed by atoms with Gasteiger partial charge >= 0.3 is 0 Å². The van der Waals surface area contributed by atoms with Crippen LogP contribution in [-0.2, 0) is 6.54 Å². The van der Waals surface area contributed by atoms with Gasteiger partial charge in [0.05, 0.1) is 12.2 Å². The van der Waals surface area contributed by atoms with Crippen molar-refractivity contribution in [3.05, 3.63) is 156 Å². The number of halogens is 1. The zero-order chi connectivity index (χ0) is 23.9. The van der Waals surface area contributed by atoms with Crippen LogP contribution in [-0.4, -0.2) is 4.78 Å². The molecular formula is C31H27BrN2P+. The van der Waals surface area contributed by atoms with Crippen LogP contribution in [0.1, 0.15) is 5.56 Å². The number of nitrogens with one attached hydrogen (secondary N) is 1. The average molecular weight is 538 g/mol. The van der Waals surface area contributed by atoms with Gasteiger partial charge in [0.2, 0.25) is 7.41 Å². The molecule has 0 unspecified atom stereocenters. The first kappa shape index (κ1) is 23.5. The number of hydrogen-bond acceptors (Lipinski definition) is 2. The van der Waals surface area contributed by atoms with Crippen molar-refractivity contribution in [1.82, 2.24) is 4.78 Å². The summed E-state index contributed by atoms with van der Waals surface area (Å²) in [4.78, 5) is 0. The number of nitrogens with zero attached hydrogens (tertiary/aromatic N) is 1. The van der Waals surface area contributed by atoms with Crippen LogP contribution in [0.3, 0.4) is 0 Å². The van der Waals surface area contributed by atoms with Gasteiger partial charge < -0.3 is 0 Å². The molecular weight excluding hydrogens is 511 g/mol. The van der Waals surface area contributed by atoms with E-state index in [0.29, 0.717) is 6.54 Å². The van der Waals surface area contributed by atoms with Crippen LogP contribution < -0.4 is 21.3 Å². The maximum absolute atomic E-state index is 3.85. The van der Waals surface area contributed by atoms with Crippen molar-refractivity contribution in [1.29, 1.82) is 0 Å². The molecule has 0 spiro atoms. The van der Waals surface area contributed by atoms with Gasteiger partial charge in [0.1, 0.15) is 15.9 Å². The molecule has 0 heterocycles. The fourth-order valence-electron chi connectivity index (χ4n) is 4.47. The molecule has 0 amide bonds. The van der Waals surface area contributed by atoms with E-state index in [1.807, 2.05) is 0 Å². The molecule has 0 saturated carbocycles. The van der Waals surface area contributed by atoms with Gasteiger partial charge in [-0.05, 0) is 60.2 Å². The van der Waals surface area contributed by atoms with Gasteiger partial charge in [0.25, 0.3) is 0 Å². The van der Waals surface area contributed by atoms with Gasteiger partial charge in [0.15, 0.2) is 0 Å². The number of para-hydroxylation sites is 1. The molecule has 0 bridgehead atoms. The third-order valence-electron chi connectivity index (χ3n) is 6.06. The van der Waals surface area contributed by atoms with Gasteiger partial charge in [-0.15, -0.1) is 0 Å². The Bertz CT molecular complexity index is 1250. The van der Waals surface area contributed by atoms with Crippen LogP contribution in [0.15, 0.2) is 150 Å². The molecule has 0 atom stereocenters. The lowest BCUT2D eigenvalue weighted by Gasteiger charge is -2.37. The van der Waals surface area contributed by atoms with E-state index in [1.54, 1.807) is 0 Å². The first-order valence-corrected chi connectivity index (χ1v) is 14.2. The summed E-state index contributed by atoms with van der Waals surface area (Å²) in [5.41, 5.74) is 6.14. The van der Waals surface area contributed by atoms with Crippen molar-refractivity contribution in [3.63, 3.8) is 0 Å². The SMILES string of the molecule is Brc1ccccc1CN(Nc1ccccc1)[P+](c1ccccc1)(c1ccccc1)c1ccccc1. The number of hydrazine groups is 1. The number of benzene rings is 5. The lowest BCUT2D eigenvalue weighted by atomic mass is 10.2. The zero-order valence-corrected chi connectivity index (χ0v) is 21.8. The summed E-state index contributed by atoms with van der Waals surface area (Å²) < 4.78 is 3.58. The van der Waals surface area contributed by atoms with Crippen LogP contribution in [0.4, 0.5) is 5.69 Å². The van der Waals surface area contributed by atoms with Crippen molar-refractivity contribution in [2.75, 3.05) is 5.43 Å². The Morgan fingerprint density at radius 2 is 0.914 bits per heavy atom. The minimum atomic E-state index is -2.31. The largest absolute Gasteiger partial charge is 0.287 e. The second-order valence-electron chi connectivity index (χ2n) is 8.27. The van der Waals surface area contributed by atoms with Gasteiger partial charge in [-0.2, -0.15) is 0 Å². The second-order valence-corrected chi connectivity index (χ2v) is 12.4. The summed E-state index contributed by atoms with van der Waals surface area (Å²) in [7, 11) is -2.31. The highest BCUT2D eigenvalue weighted by molar-refractivity contribution is 9.10. The normalized spacial score (nSPS) is 11.4. The lowest BCUT2D eigenvalue weighted by Crippen LogP contribution is -2.45. The highest BCUT2D eigenvalue weighted by atomic mass is 79.9. The zero-order valence-electron chi connectivity index (χ0n) is 19.3. The molecule has 0 radical (unpaired) electrons. The molecule has 0 aliphatic rings. The maximum atomic E-state index is 3.85. The molecule has 0 saturated heterocycles. The molecule has 2 nitrogen and oxygen atoms in total. The molecule has 5 aromatic rings. The van der Waals surface area contributed by atoms with Gasteiger partial charge in [-0.25, -0.2) is 0 Å². The van der Waals surface area contributed by atoms with Crippen LogP contribution in [0.2, 0.25) is 0 Å². The standard InChI is InChI=1S/C31H27BrN2P/c32-31-24-14-13-15-26(31)25-34(33-27-16-5-1-6-17-27)35(28-18-7-2-8-19-28,29-20-9-3-10-21-29)30-22-11-4-12-23-30/h1-24,33H,25H2/q+1. The third-order valence-corrected chi connectivity index (χ3v) is 10.9. The Balaban J connectivity index is 1.80. The Morgan fingerprint density at radius 1 is 0.514 bits per heavy atom. The molecule has 0 aliphatic heterocycles. The fourth-order valence-corrected chi connectivity index (χ4v) is 9.05. The van der Waals surface area contributed by atoms with E-state index >= 15 is 0 Å². The molecule has 1 N–H and O–H groups in total. The van der Waals surface area contributed by atoms with E-state index in [2.05, 4.69) is 172 Å². The molecule has 0 aromatic heterocycles. The number of anilines is 1. The first-order valence-electron chi connectivity index (χ1n) is 11.7. The van der Waals surface area contributed by atoms with E-state index in [4.69, 9.17) is 0 Å². The van der Waals surface area contributed by atoms with E-state index in [9.17, 15) is 0 Å². The molecule has 5 rings (SSSR count). The predicted molar refractivity (Wildman–Crippen MR) is 155 cm³/mol. The maximum Gasteiger partial charge on any atom is 0.203 e. The number of hydrogen-bond donors (Lipinski definition) is 1. The van der Waals surface area contributed by atoms with Crippen LogP contribution in [0, 0.1) is 0 Å². The Kier molecular flexibility index (Phi) is 7.39. The van der Waals surface area contributed by atoms with Gasteiger partial charge in [-0.3, -0.25) is 5.43 Å². The Hall–Kier alpha value is -3.23. The van der Waals surface area contributed by atoms with Crippen molar-refractivity contribution < 1.29 is 0 Å². The van der Waals surface area contributed by atoms with Crippen LogP contribution in [0.5, 0.6) is 0 Å². The molecule has 0 fully saturated rings. The van der Waals surface area contributed by atoms with Crippen molar-refractivity contribution in [2.45, 2.75) is 6.54 Å². The summed E-state index contributed by atoms with van der Waals surface area (Å²) in [6.45, 7) is 0.711. The highest BCUT2D eigenvalue weighted by Gasteiger charge is 2.52. The van der Waals surface area contributed by atoms with E-state index in [0.717, 1.165) is 10.2 Å². The van der Waals surface area contributed by atoms with Crippen molar-refractivity contribution in [3.8, 4) is 0 Å². The summed E-state index contributed by atoms with van der Waals surface area (Å²) >= 11 is 3.80. The van der Waals surface area contributed by atoms with Crippen LogP contribution >= 0.6 is 23.3 Å². The summed E-state index contributed by atoms with van der Waals surface area (Å²) in [6, 6.07) is 51.7. The van der Waals surface area contributed by atoms with E-state index < -0.39 is 7.41 Å². The second kappa shape index (κ2) is 11.0. The monoisotopic (exact) mass is 537 g/mol. The minimum absolute atomic E-state index is 0.711. The fraction of sp³-hybridized carbons (Fsp3) is 0.0323. The first-order chi connectivity index (χ1) is 17.3. The summed E-state index contributed by atoms with van der Waals surface area (Å²) in [5.74, 6) is 0. The quantitative estimate of drug-likeness (QED) is 0.166. The Morgan fingerprint density at radius 3 is 1.37 bits per heavy atom. The molecule has 172 valence electrons.